The number of hydrogen-bond donors (Lipinski definition) is 1. The van der Waals surface area contributed by atoms with Gasteiger partial charge in [-0.05, 0) is 24.1 Å². The second-order valence-electron chi connectivity index (χ2n) is 4.46. The Morgan fingerprint density at radius 2 is 1.90 bits per heavy atom. The van der Waals surface area contributed by atoms with Crippen LogP contribution in [0.1, 0.15) is 5.56 Å². The Bertz CT molecular complexity index is 560. The van der Waals surface area contributed by atoms with Crippen LogP contribution in [0.3, 0.4) is 0 Å². The Morgan fingerprint density at radius 3 is 2.43 bits per heavy atom. The first-order valence-corrected chi connectivity index (χ1v) is 8.57. The van der Waals surface area contributed by atoms with E-state index in [1.54, 1.807) is 12.1 Å². The molecule has 6 nitrogen and oxygen atoms in total. The smallest absolute Gasteiger partial charge is 0.406 e. The van der Waals surface area contributed by atoms with Crippen molar-refractivity contribution in [2.45, 2.75) is 6.42 Å². The van der Waals surface area contributed by atoms with Gasteiger partial charge < -0.3 is 10.1 Å². The fraction of sp³-hybridized carbons (Fsp3) is 0.462. The molecule has 0 aliphatic carbocycles. The number of ether oxygens (including phenoxy) is 1. The van der Waals surface area contributed by atoms with Gasteiger partial charge in [0, 0.05) is 24.7 Å². The van der Waals surface area contributed by atoms with Crippen LogP contribution in [0.25, 0.3) is 0 Å². The molecule has 0 fully saturated rings. The van der Waals surface area contributed by atoms with Crippen LogP contribution in [0, 0.1) is 0 Å². The summed E-state index contributed by atoms with van der Waals surface area (Å²) in [4.78, 5) is 10.9. The van der Waals surface area contributed by atoms with Crippen molar-refractivity contribution >= 4 is 27.7 Å². The normalized spacial score (nSPS) is 11.4. The molecule has 0 unspecified atom stereocenters. The topological polar surface area (TPSA) is 75.7 Å². The number of rotatable bonds is 7. The van der Waals surface area contributed by atoms with E-state index < -0.39 is 16.1 Å². The van der Waals surface area contributed by atoms with Gasteiger partial charge in [-0.1, -0.05) is 23.7 Å². The molecule has 0 aromatic heterocycles. The molecule has 1 amide bonds. The van der Waals surface area contributed by atoms with Crippen molar-refractivity contribution in [3.8, 4) is 0 Å². The number of carbonyl (C=O) groups is 1. The molecule has 21 heavy (non-hydrogen) atoms. The SMILES string of the molecule is COC(=O)NCCN(CCc1ccc(Cl)cc1)S(C)(=O)=O. The molecule has 0 aliphatic rings. The van der Waals surface area contributed by atoms with Gasteiger partial charge in [0.25, 0.3) is 0 Å². The number of carbonyl (C=O) groups excluding carboxylic acids is 1. The first-order chi connectivity index (χ1) is 9.82. The predicted octanol–water partition coefficient (Wildman–Crippen LogP) is 1.50. The van der Waals surface area contributed by atoms with Gasteiger partial charge in [0.05, 0.1) is 13.4 Å². The number of nitrogens with one attached hydrogen (secondary N) is 1. The lowest BCUT2D eigenvalue weighted by atomic mass is 10.1. The fourth-order valence-corrected chi connectivity index (χ4v) is 2.68. The van der Waals surface area contributed by atoms with Crippen LogP contribution in [-0.2, 0) is 21.2 Å². The molecule has 0 radical (unpaired) electrons. The number of hydrogen-bond acceptors (Lipinski definition) is 4. The summed E-state index contributed by atoms with van der Waals surface area (Å²) in [5.41, 5.74) is 0.994. The highest BCUT2D eigenvalue weighted by molar-refractivity contribution is 7.88. The summed E-state index contributed by atoms with van der Waals surface area (Å²) >= 11 is 5.80. The maximum Gasteiger partial charge on any atom is 0.406 e. The summed E-state index contributed by atoms with van der Waals surface area (Å²) in [6.45, 7) is 0.727. The summed E-state index contributed by atoms with van der Waals surface area (Å²) in [5.74, 6) is 0. The molecule has 0 saturated heterocycles. The van der Waals surface area contributed by atoms with E-state index in [-0.39, 0.29) is 13.1 Å². The molecule has 1 N–H and O–H groups in total. The van der Waals surface area contributed by atoms with Crippen LogP contribution in [-0.4, -0.2) is 51.8 Å². The molecule has 118 valence electrons. The second-order valence-corrected chi connectivity index (χ2v) is 6.88. The van der Waals surface area contributed by atoms with Crippen molar-refractivity contribution in [3.63, 3.8) is 0 Å². The van der Waals surface area contributed by atoms with Gasteiger partial charge in [0.1, 0.15) is 0 Å². The van der Waals surface area contributed by atoms with E-state index in [2.05, 4.69) is 10.1 Å². The van der Waals surface area contributed by atoms with Gasteiger partial charge in [0.2, 0.25) is 10.0 Å². The van der Waals surface area contributed by atoms with Gasteiger partial charge in [-0.2, -0.15) is 0 Å². The number of halogens is 1. The van der Waals surface area contributed by atoms with E-state index in [9.17, 15) is 13.2 Å². The quantitative estimate of drug-likeness (QED) is 0.820. The summed E-state index contributed by atoms with van der Waals surface area (Å²) in [5, 5.41) is 3.10. The highest BCUT2D eigenvalue weighted by atomic mass is 35.5. The van der Waals surface area contributed by atoms with Gasteiger partial charge in [-0.15, -0.1) is 0 Å². The van der Waals surface area contributed by atoms with Crippen molar-refractivity contribution in [3.05, 3.63) is 34.9 Å². The van der Waals surface area contributed by atoms with Crippen LogP contribution in [0.5, 0.6) is 0 Å². The van der Waals surface area contributed by atoms with Gasteiger partial charge in [0.15, 0.2) is 0 Å². The van der Waals surface area contributed by atoms with Crippen molar-refractivity contribution in [1.29, 1.82) is 0 Å². The van der Waals surface area contributed by atoms with E-state index in [4.69, 9.17) is 11.6 Å². The molecule has 0 spiro atoms. The standard InChI is InChI=1S/C13H19ClN2O4S/c1-20-13(17)15-8-10-16(21(2,18)19)9-7-11-3-5-12(14)6-4-11/h3-6H,7-10H2,1-2H3,(H,15,17). The third kappa shape index (κ3) is 6.79. The van der Waals surface area contributed by atoms with Crippen molar-refractivity contribution in [2.24, 2.45) is 0 Å². The van der Waals surface area contributed by atoms with Crippen LogP contribution >= 0.6 is 11.6 Å². The lowest BCUT2D eigenvalue weighted by Crippen LogP contribution is -2.39. The molecular weight excluding hydrogens is 316 g/mol. The van der Waals surface area contributed by atoms with E-state index >= 15 is 0 Å². The first kappa shape index (κ1) is 17.7. The number of alkyl carbamates (subject to hydrolysis) is 1. The first-order valence-electron chi connectivity index (χ1n) is 6.34. The Labute approximate surface area is 130 Å². The van der Waals surface area contributed by atoms with Gasteiger partial charge >= 0.3 is 6.09 Å². The zero-order chi connectivity index (χ0) is 15.9. The summed E-state index contributed by atoms with van der Waals surface area (Å²) in [6, 6.07) is 7.24. The summed E-state index contributed by atoms with van der Waals surface area (Å²) in [6.07, 6.45) is 1.14. The van der Waals surface area contributed by atoms with Crippen LogP contribution < -0.4 is 5.32 Å². The summed E-state index contributed by atoms with van der Waals surface area (Å²) in [7, 11) is -2.08. The molecule has 1 aromatic carbocycles. The number of nitrogens with zero attached hydrogens (tertiary/aromatic N) is 1. The maximum absolute atomic E-state index is 11.7. The molecule has 0 bridgehead atoms. The van der Waals surface area contributed by atoms with Crippen LogP contribution in [0.15, 0.2) is 24.3 Å². The van der Waals surface area contributed by atoms with Crippen LogP contribution in [0.4, 0.5) is 4.79 Å². The fourth-order valence-electron chi connectivity index (χ4n) is 1.70. The Kier molecular flexibility index (Phi) is 6.94. The monoisotopic (exact) mass is 334 g/mol. The molecule has 1 rings (SSSR count). The predicted molar refractivity (Wildman–Crippen MR) is 82.0 cm³/mol. The Morgan fingerprint density at radius 1 is 1.29 bits per heavy atom. The lowest BCUT2D eigenvalue weighted by molar-refractivity contribution is 0.170. The van der Waals surface area contributed by atoms with Crippen molar-refractivity contribution in [1.82, 2.24) is 9.62 Å². The minimum Gasteiger partial charge on any atom is -0.453 e. The minimum atomic E-state index is -3.33. The van der Waals surface area contributed by atoms with E-state index in [1.165, 1.54) is 11.4 Å². The number of methoxy groups -OCH3 is 1. The molecule has 0 saturated carbocycles. The molecule has 8 heteroatoms. The summed E-state index contributed by atoms with van der Waals surface area (Å²) < 4.78 is 29.2. The zero-order valence-corrected chi connectivity index (χ0v) is 13.6. The van der Waals surface area contributed by atoms with Crippen molar-refractivity contribution in [2.75, 3.05) is 33.0 Å². The van der Waals surface area contributed by atoms with Gasteiger partial charge in [-0.3, -0.25) is 0 Å². The second kappa shape index (κ2) is 8.21. The lowest BCUT2D eigenvalue weighted by Gasteiger charge is -2.20. The number of sulfonamides is 1. The maximum atomic E-state index is 11.7. The molecule has 0 heterocycles. The van der Waals surface area contributed by atoms with E-state index in [1.807, 2.05) is 12.1 Å². The zero-order valence-electron chi connectivity index (χ0n) is 12.0. The molecule has 0 atom stereocenters. The Balaban J connectivity index is 2.54. The number of amides is 1. The highest BCUT2D eigenvalue weighted by Gasteiger charge is 2.16. The largest absolute Gasteiger partial charge is 0.453 e. The molecular formula is C13H19ClN2O4S. The van der Waals surface area contributed by atoms with E-state index in [0.717, 1.165) is 11.8 Å². The van der Waals surface area contributed by atoms with Gasteiger partial charge in [-0.25, -0.2) is 17.5 Å². The minimum absolute atomic E-state index is 0.195. The third-order valence-electron chi connectivity index (χ3n) is 2.85. The highest BCUT2D eigenvalue weighted by Crippen LogP contribution is 2.11. The average Bonchev–Trinajstić information content (AvgIpc) is 2.42. The van der Waals surface area contributed by atoms with E-state index in [0.29, 0.717) is 18.0 Å². The Hall–Kier alpha value is -1.31. The van der Waals surface area contributed by atoms with Crippen molar-refractivity contribution < 1.29 is 17.9 Å². The third-order valence-corrected chi connectivity index (χ3v) is 4.40. The molecule has 0 aliphatic heterocycles. The molecule has 1 aromatic rings. The number of benzene rings is 1. The van der Waals surface area contributed by atoms with Crippen LogP contribution in [0.2, 0.25) is 5.02 Å². The average molecular weight is 335 g/mol.